The van der Waals surface area contributed by atoms with Crippen LogP contribution in [-0.2, 0) is 0 Å². The van der Waals surface area contributed by atoms with E-state index in [0.717, 1.165) is 22.7 Å². The average molecular weight is 1040 g/mol. The fourth-order valence-electron chi connectivity index (χ4n) is 11.4. The summed E-state index contributed by atoms with van der Waals surface area (Å²) < 4.78 is 1.91. The zero-order valence-electron chi connectivity index (χ0n) is 44.2. The number of nitrogens with one attached hydrogen (secondary N) is 1. The first kappa shape index (κ1) is 48.4. The number of H-pyrrole nitrogens is 1. The van der Waals surface area contributed by atoms with Gasteiger partial charge in [-0.05, 0) is 167 Å². The van der Waals surface area contributed by atoms with Gasteiger partial charge in [0.2, 0.25) is 0 Å². The van der Waals surface area contributed by atoms with Crippen molar-refractivity contribution < 1.29 is 0 Å². The summed E-state index contributed by atoms with van der Waals surface area (Å²) in [6.45, 7) is 0. The SMILES string of the molecule is c1cc(-c2ccc(-c3ccc4[nH]c5ccccc5c4c3)cc2)c2c(-c3ccc(-n4cnnc4)cc3)cccc2c1.c1ccc(N(c2ccccc2)c2ccc(-c3cccc4cccc(-c5ccc(-c6ccncc6)cc5)c34)cc2)cc1. The first-order chi connectivity index (χ1) is 40.2. The molecule has 0 bridgehead atoms. The molecule has 0 aliphatic rings. The molecule has 15 rings (SSSR count). The van der Waals surface area contributed by atoms with Crippen LogP contribution in [-0.4, -0.2) is 24.7 Å². The number of hydrogen-bond donors (Lipinski definition) is 1. The Kier molecular flexibility index (Phi) is 12.8. The van der Waals surface area contributed by atoms with Gasteiger partial charge in [0.05, 0.1) is 0 Å². The standard InChI is InChI=1S/C39H28N2.C36H24N4/c1-3-11-34(12-4-1)41(35-13-5-2-6-14-35)36-23-21-32(22-24-36)38-16-8-10-33-9-7-15-37(39(33)38)31-19-17-29(18-20-31)30-25-27-40-28-26-30;1-2-10-34-32(7-1)33-21-28(17-20-35(33)39-34)24-11-13-25(14-12-24)30-8-3-5-27-6-4-9-31(36(27)30)26-15-18-29(19-16-26)40-22-37-38-23-40/h1-28H;1-23,39H. The number of hydrogen-bond acceptors (Lipinski definition) is 4. The molecule has 15 aromatic rings. The predicted octanol–water partition coefficient (Wildman–Crippen LogP) is 19.8. The van der Waals surface area contributed by atoms with E-state index in [1.807, 2.05) is 29.1 Å². The molecule has 382 valence electrons. The third kappa shape index (κ3) is 9.58. The van der Waals surface area contributed by atoms with Crippen molar-refractivity contribution in [3.63, 3.8) is 0 Å². The molecule has 0 atom stereocenters. The number of rotatable bonds is 10. The molecule has 0 fully saturated rings. The quantitative estimate of drug-likeness (QED) is 0.148. The number of para-hydroxylation sites is 3. The van der Waals surface area contributed by atoms with Gasteiger partial charge in [-0.1, -0.05) is 206 Å². The van der Waals surface area contributed by atoms with E-state index >= 15 is 0 Å². The van der Waals surface area contributed by atoms with Crippen molar-refractivity contribution in [1.29, 1.82) is 0 Å². The van der Waals surface area contributed by atoms with Crippen LogP contribution in [0.15, 0.2) is 310 Å². The van der Waals surface area contributed by atoms with Gasteiger partial charge in [0.1, 0.15) is 12.7 Å². The van der Waals surface area contributed by atoms with Gasteiger partial charge in [0.15, 0.2) is 0 Å². The Morgan fingerprint density at radius 3 is 1.21 bits per heavy atom. The molecule has 0 saturated carbocycles. The summed E-state index contributed by atoms with van der Waals surface area (Å²) in [5.74, 6) is 0. The molecule has 0 saturated heterocycles. The second-order valence-electron chi connectivity index (χ2n) is 20.2. The first-order valence-corrected chi connectivity index (χ1v) is 27.3. The normalized spacial score (nSPS) is 11.2. The van der Waals surface area contributed by atoms with E-state index in [9.17, 15) is 0 Å². The zero-order chi connectivity index (χ0) is 53.9. The maximum atomic E-state index is 4.15. The molecule has 6 heteroatoms. The lowest BCUT2D eigenvalue weighted by Gasteiger charge is -2.25. The van der Waals surface area contributed by atoms with Crippen LogP contribution < -0.4 is 4.90 Å². The van der Waals surface area contributed by atoms with Crippen molar-refractivity contribution in [1.82, 2.24) is 24.7 Å². The van der Waals surface area contributed by atoms with E-state index in [1.165, 1.54) is 110 Å². The van der Waals surface area contributed by atoms with E-state index in [4.69, 9.17) is 0 Å². The molecule has 0 aliphatic heterocycles. The van der Waals surface area contributed by atoms with Crippen molar-refractivity contribution in [2.24, 2.45) is 0 Å². The van der Waals surface area contributed by atoms with Gasteiger partial charge in [-0.25, -0.2) is 0 Å². The van der Waals surface area contributed by atoms with Gasteiger partial charge in [0, 0.05) is 56.9 Å². The van der Waals surface area contributed by atoms with Gasteiger partial charge in [-0.15, -0.1) is 10.2 Å². The van der Waals surface area contributed by atoms with Crippen molar-refractivity contribution >= 4 is 60.4 Å². The maximum Gasteiger partial charge on any atom is 0.123 e. The molecule has 0 spiro atoms. The van der Waals surface area contributed by atoms with Crippen LogP contribution in [0.2, 0.25) is 0 Å². The molecule has 0 unspecified atom stereocenters. The molecule has 0 aliphatic carbocycles. The van der Waals surface area contributed by atoms with E-state index in [0.29, 0.717) is 0 Å². The summed E-state index contributed by atoms with van der Waals surface area (Å²) in [4.78, 5) is 9.97. The van der Waals surface area contributed by atoms with Gasteiger partial charge < -0.3 is 9.88 Å². The highest BCUT2D eigenvalue weighted by molar-refractivity contribution is 6.10. The second kappa shape index (κ2) is 21.5. The smallest absolute Gasteiger partial charge is 0.123 e. The number of anilines is 3. The summed E-state index contributed by atoms with van der Waals surface area (Å²) in [5, 5.41) is 15.4. The Morgan fingerprint density at radius 1 is 0.296 bits per heavy atom. The zero-order valence-corrected chi connectivity index (χ0v) is 44.2. The van der Waals surface area contributed by atoms with E-state index in [2.05, 4.69) is 298 Å². The fraction of sp³-hybridized carbons (Fsp3) is 0. The van der Waals surface area contributed by atoms with Crippen LogP contribution in [0.3, 0.4) is 0 Å². The summed E-state index contributed by atoms with van der Waals surface area (Å²) in [6.07, 6.45) is 7.11. The fourth-order valence-corrected chi connectivity index (χ4v) is 11.4. The Balaban J connectivity index is 0.000000145. The van der Waals surface area contributed by atoms with Crippen molar-refractivity contribution in [2.75, 3.05) is 4.90 Å². The Hall–Kier alpha value is -11.0. The lowest BCUT2D eigenvalue weighted by Crippen LogP contribution is -2.09. The first-order valence-electron chi connectivity index (χ1n) is 27.3. The van der Waals surface area contributed by atoms with E-state index in [-0.39, 0.29) is 0 Å². The third-order valence-corrected chi connectivity index (χ3v) is 15.4. The number of fused-ring (bicyclic) bond motifs is 5. The highest BCUT2D eigenvalue weighted by atomic mass is 15.2. The maximum absolute atomic E-state index is 4.15. The van der Waals surface area contributed by atoms with Crippen molar-refractivity contribution in [3.05, 3.63) is 310 Å². The number of aromatic nitrogens is 5. The van der Waals surface area contributed by atoms with Gasteiger partial charge in [-0.2, -0.15) is 0 Å². The van der Waals surface area contributed by atoms with Crippen LogP contribution in [0.4, 0.5) is 17.1 Å². The molecular weight excluding hydrogens is 985 g/mol. The van der Waals surface area contributed by atoms with Crippen LogP contribution in [0, 0.1) is 0 Å². The molecular formula is C75H52N6. The molecule has 0 radical (unpaired) electrons. The molecule has 3 aromatic heterocycles. The van der Waals surface area contributed by atoms with Crippen molar-refractivity contribution in [3.8, 4) is 72.4 Å². The lowest BCUT2D eigenvalue weighted by molar-refractivity contribution is 1.06. The molecule has 12 aromatic carbocycles. The van der Waals surface area contributed by atoms with Crippen LogP contribution >= 0.6 is 0 Å². The number of benzene rings is 12. The monoisotopic (exact) mass is 1040 g/mol. The lowest BCUT2D eigenvalue weighted by atomic mass is 9.91. The average Bonchev–Trinajstić information content (AvgIpc) is 4.26. The minimum atomic E-state index is 1.04. The Morgan fingerprint density at radius 2 is 0.691 bits per heavy atom. The molecule has 6 nitrogen and oxygen atoms in total. The second-order valence-corrected chi connectivity index (χ2v) is 20.2. The minimum absolute atomic E-state index is 1.04. The van der Waals surface area contributed by atoms with Crippen molar-refractivity contribution in [2.45, 2.75) is 0 Å². The van der Waals surface area contributed by atoms with Crippen LogP contribution in [0.1, 0.15) is 0 Å². The van der Waals surface area contributed by atoms with Gasteiger partial charge in [-0.3, -0.25) is 9.55 Å². The molecule has 81 heavy (non-hydrogen) atoms. The summed E-state index contributed by atoms with van der Waals surface area (Å²) in [7, 11) is 0. The highest BCUT2D eigenvalue weighted by Gasteiger charge is 2.16. The summed E-state index contributed by atoms with van der Waals surface area (Å²) >= 11 is 0. The number of pyridine rings is 1. The summed E-state index contributed by atoms with van der Waals surface area (Å²) in [6, 6.07) is 102. The van der Waals surface area contributed by atoms with Gasteiger partial charge >= 0.3 is 0 Å². The Bertz CT molecular complexity index is 4580. The predicted molar refractivity (Wildman–Crippen MR) is 337 cm³/mol. The third-order valence-electron chi connectivity index (χ3n) is 15.4. The molecule has 0 amide bonds. The van der Waals surface area contributed by atoms with E-state index < -0.39 is 0 Å². The van der Waals surface area contributed by atoms with Crippen LogP contribution in [0.5, 0.6) is 0 Å². The van der Waals surface area contributed by atoms with Crippen LogP contribution in [0.25, 0.3) is 116 Å². The summed E-state index contributed by atoms with van der Waals surface area (Å²) in [5.41, 5.74) is 21.3. The largest absolute Gasteiger partial charge is 0.355 e. The topological polar surface area (TPSA) is 62.6 Å². The Labute approximate surface area is 470 Å². The van der Waals surface area contributed by atoms with E-state index in [1.54, 1.807) is 12.7 Å². The molecule has 1 N–H and O–H groups in total. The minimum Gasteiger partial charge on any atom is -0.355 e. The molecule has 3 heterocycles. The van der Waals surface area contributed by atoms with Gasteiger partial charge in [0.25, 0.3) is 0 Å². The number of aromatic amines is 1. The number of nitrogens with zero attached hydrogens (tertiary/aromatic N) is 5. The highest BCUT2D eigenvalue weighted by Crippen LogP contribution is 2.41.